The van der Waals surface area contributed by atoms with Crippen LogP contribution in [0, 0.1) is 5.82 Å². The first-order valence-corrected chi connectivity index (χ1v) is 6.05. The predicted molar refractivity (Wildman–Crippen MR) is 63.7 cm³/mol. The molecule has 0 unspecified atom stereocenters. The summed E-state index contributed by atoms with van der Waals surface area (Å²) in [7, 11) is 0. The van der Waals surface area contributed by atoms with E-state index in [0.29, 0.717) is 18.4 Å². The van der Waals surface area contributed by atoms with E-state index in [0.717, 1.165) is 32.6 Å². The maximum absolute atomic E-state index is 13.2. The molecule has 0 radical (unpaired) electrons. The molecule has 94 valence electrons. The van der Waals surface area contributed by atoms with Crippen LogP contribution in [0.3, 0.4) is 0 Å². The molecule has 1 aromatic carbocycles. The molecule has 0 aromatic heterocycles. The Labute approximate surface area is 101 Å². The van der Waals surface area contributed by atoms with Gasteiger partial charge in [-0.15, -0.1) is 0 Å². The van der Waals surface area contributed by atoms with Crippen molar-refractivity contribution >= 4 is 0 Å². The Morgan fingerprint density at radius 3 is 2.82 bits per heavy atom. The summed E-state index contributed by atoms with van der Waals surface area (Å²) in [5.41, 5.74) is 0. The zero-order chi connectivity index (χ0) is 11.9. The standard InChI is InChI=1S/C13H18FNO2/c14-12-3-1-2-4-13(12)17-10-7-15-11-5-8-16-9-6-11/h1-4,11,15H,5-10H2. The third kappa shape index (κ3) is 3.98. The van der Waals surface area contributed by atoms with Crippen LogP contribution in [-0.2, 0) is 4.74 Å². The van der Waals surface area contributed by atoms with Crippen molar-refractivity contribution in [1.29, 1.82) is 0 Å². The molecular weight excluding hydrogens is 221 g/mol. The lowest BCUT2D eigenvalue weighted by Crippen LogP contribution is -2.37. The van der Waals surface area contributed by atoms with Gasteiger partial charge in [0.05, 0.1) is 0 Å². The largest absolute Gasteiger partial charge is 0.489 e. The third-order valence-corrected chi connectivity index (χ3v) is 2.85. The van der Waals surface area contributed by atoms with Crippen molar-refractivity contribution in [2.24, 2.45) is 0 Å². The summed E-state index contributed by atoms with van der Waals surface area (Å²) in [5, 5.41) is 3.38. The smallest absolute Gasteiger partial charge is 0.165 e. The van der Waals surface area contributed by atoms with E-state index < -0.39 is 0 Å². The number of hydrogen-bond acceptors (Lipinski definition) is 3. The Kier molecular flexibility index (Phi) is 4.76. The molecule has 0 bridgehead atoms. The topological polar surface area (TPSA) is 30.5 Å². The van der Waals surface area contributed by atoms with Crippen LogP contribution in [0.4, 0.5) is 4.39 Å². The molecular formula is C13H18FNO2. The fraction of sp³-hybridized carbons (Fsp3) is 0.538. The second kappa shape index (κ2) is 6.57. The molecule has 17 heavy (non-hydrogen) atoms. The zero-order valence-corrected chi connectivity index (χ0v) is 9.82. The molecule has 0 atom stereocenters. The van der Waals surface area contributed by atoms with E-state index in [1.165, 1.54) is 6.07 Å². The number of nitrogens with one attached hydrogen (secondary N) is 1. The van der Waals surface area contributed by atoms with Crippen LogP contribution < -0.4 is 10.1 Å². The van der Waals surface area contributed by atoms with Gasteiger partial charge in [0.25, 0.3) is 0 Å². The van der Waals surface area contributed by atoms with Gasteiger partial charge in [0.1, 0.15) is 6.61 Å². The van der Waals surface area contributed by atoms with Crippen LogP contribution in [-0.4, -0.2) is 32.4 Å². The molecule has 1 heterocycles. The average molecular weight is 239 g/mol. The fourth-order valence-electron chi connectivity index (χ4n) is 1.89. The first kappa shape index (κ1) is 12.3. The van der Waals surface area contributed by atoms with Gasteiger partial charge in [-0.1, -0.05) is 12.1 Å². The number of hydrogen-bond donors (Lipinski definition) is 1. The van der Waals surface area contributed by atoms with Gasteiger partial charge in [-0.3, -0.25) is 0 Å². The fourth-order valence-corrected chi connectivity index (χ4v) is 1.89. The molecule has 1 fully saturated rings. The number of halogens is 1. The lowest BCUT2D eigenvalue weighted by atomic mass is 10.1. The van der Waals surface area contributed by atoms with Gasteiger partial charge >= 0.3 is 0 Å². The Morgan fingerprint density at radius 2 is 2.06 bits per heavy atom. The molecule has 1 aliphatic rings. The highest BCUT2D eigenvalue weighted by Gasteiger charge is 2.12. The van der Waals surface area contributed by atoms with Gasteiger partial charge in [-0.2, -0.15) is 0 Å². The molecule has 1 aromatic rings. The summed E-state index contributed by atoms with van der Waals surface area (Å²) < 4.78 is 23.8. The number of para-hydroxylation sites is 1. The van der Waals surface area contributed by atoms with Crippen molar-refractivity contribution in [3.05, 3.63) is 30.1 Å². The molecule has 0 aliphatic carbocycles. The van der Waals surface area contributed by atoms with E-state index in [1.54, 1.807) is 18.2 Å². The van der Waals surface area contributed by atoms with Crippen molar-refractivity contribution in [3.63, 3.8) is 0 Å². The maximum Gasteiger partial charge on any atom is 0.165 e. The van der Waals surface area contributed by atoms with Gasteiger partial charge < -0.3 is 14.8 Å². The van der Waals surface area contributed by atoms with E-state index in [-0.39, 0.29) is 5.82 Å². The van der Waals surface area contributed by atoms with Gasteiger partial charge in [-0.25, -0.2) is 4.39 Å². The molecule has 4 heteroatoms. The Morgan fingerprint density at radius 1 is 1.29 bits per heavy atom. The Bertz CT molecular complexity index is 340. The number of rotatable bonds is 5. The minimum Gasteiger partial charge on any atom is -0.489 e. The van der Waals surface area contributed by atoms with Gasteiger partial charge in [0, 0.05) is 25.8 Å². The van der Waals surface area contributed by atoms with Crippen molar-refractivity contribution in [2.75, 3.05) is 26.4 Å². The van der Waals surface area contributed by atoms with E-state index >= 15 is 0 Å². The summed E-state index contributed by atoms with van der Waals surface area (Å²) in [6.45, 7) is 2.87. The highest BCUT2D eigenvalue weighted by Crippen LogP contribution is 2.14. The van der Waals surface area contributed by atoms with Crippen LogP contribution in [0.1, 0.15) is 12.8 Å². The highest BCUT2D eigenvalue weighted by atomic mass is 19.1. The van der Waals surface area contributed by atoms with Crippen LogP contribution in [0.25, 0.3) is 0 Å². The molecule has 1 N–H and O–H groups in total. The van der Waals surface area contributed by atoms with Crippen LogP contribution in [0.5, 0.6) is 5.75 Å². The summed E-state index contributed by atoms with van der Waals surface area (Å²) in [6.07, 6.45) is 2.08. The Balaban J connectivity index is 1.64. The zero-order valence-electron chi connectivity index (χ0n) is 9.82. The van der Waals surface area contributed by atoms with Gasteiger partial charge in [0.2, 0.25) is 0 Å². The summed E-state index contributed by atoms with van der Waals surface area (Å²) in [5.74, 6) is 0.0137. The minimum absolute atomic E-state index is 0.307. The number of benzene rings is 1. The second-order valence-electron chi connectivity index (χ2n) is 4.12. The van der Waals surface area contributed by atoms with E-state index in [1.807, 2.05) is 0 Å². The monoisotopic (exact) mass is 239 g/mol. The molecule has 0 spiro atoms. The molecule has 1 aliphatic heterocycles. The van der Waals surface area contributed by atoms with Crippen molar-refractivity contribution < 1.29 is 13.9 Å². The molecule has 2 rings (SSSR count). The van der Waals surface area contributed by atoms with E-state index in [2.05, 4.69) is 5.32 Å². The van der Waals surface area contributed by atoms with Gasteiger partial charge in [0.15, 0.2) is 11.6 Å². The average Bonchev–Trinajstić information content (AvgIpc) is 2.38. The molecule has 1 saturated heterocycles. The summed E-state index contributed by atoms with van der Waals surface area (Å²) in [6, 6.07) is 6.98. The SMILES string of the molecule is Fc1ccccc1OCCNC1CCOCC1. The van der Waals surface area contributed by atoms with Crippen LogP contribution >= 0.6 is 0 Å². The van der Waals surface area contributed by atoms with Crippen molar-refractivity contribution in [2.45, 2.75) is 18.9 Å². The first-order valence-electron chi connectivity index (χ1n) is 6.05. The first-order chi connectivity index (χ1) is 8.36. The number of ether oxygens (including phenoxy) is 2. The van der Waals surface area contributed by atoms with Gasteiger partial charge in [-0.05, 0) is 25.0 Å². The van der Waals surface area contributed by atoms with Crippen molar-refractivity contribution in [1.82, 2.24) is 5.32 Å². The minimum atomic E-state index is -0.307. The normalized spacial score (nSPS) is 17.0. The predicted octanol–water partition coefficient (Wildman–Crippen LogP) is 1.97. The molecule has 0 amide bonds. The quantitative estimate of drug-likeness (QED) is 0.797. The lowest BCUT2D eigenvalue weighted by molar-refractivity contribution is 0.0770. The van der Waals surface area contributed by atoms with E-state index in [4.69, 9.17) is 9.47 Å². The van der Waals surface area contributed by atoms with Crippen LogP contribution in [0.2, 0.25) is 0 Å². The molecule has 0 saturated carbocycles. The summed E-state index contributed by atoms with van der Waals surface area (Å²) in [4.78, 5) is 0. The lowest BCUT2D eigenvalue weighted by Gasteiger charge is -2.23. The van der Waals surface area contributed by atoms with Crippen LogP contribution in [0.15, 0.2) is 24.3 Å². The maximum atomic E-state index is 13.2. The Hall–Kier alpha value is -1.13. The second-order valence-corrected chi connectivity index (χ2v) is 4.12. The summed E-state index contributed by atoms with van der Waals surface area (Å²) >= 11 is 0. The van der Waals surface area contributed by atoms with Crippen molar-refractivity contribution in [3.8, 4) is 5.75 Å². The third-order valence-electron chi connectivity index (χ3n) is 2.85. The highest BCUT2D eigenvalue weighted by molar-refractivity contribution is 5.23. The van der Waals surface area contributed by atoms with E-state index in [9.17, 15) is 4.39 Å². The molecule has 3 nitrogen and oxygen atoms in total.